The maximum atomic E-state index is 5.90. The van der Waals surface area contributed by atoms with E-state index in [2.05, 4.69) is 4.98 Å². The molecule has 2 N–H and O–H groups in total. The van der Waals surface area contributed by atoms with Gasteiger partial charge in [0.05, 0.1) is 10.0 Å². The van der Waals surface area contributed by atoms with E-state index in [4.69, 9.17) is 17.3 Å². The Morgan fingerprint density at radius 3 is 2.94 bits per heavy atom. The smallest absolute Gasteiger partial charge is 0.137 e. The molecule has 0 spiro atoms. The molecule has 0 saturated carbocycles. The number of rotatable bonds is 1. The number of aromatic nitrogens is 2. The van der Waals surface area contributed by atoms with Gasteiger partial charge in [-0.3, -0.25) is 0 Å². The standard InChI is InChI=1S/C11H8ClN3S/c12-10-3-7(6-16-10)9-5-15-4-8(13)1-2-11(15)14-9/h1-6H,13H2. The van der Waals surface area contributed by atoms with Crippen LogP contribution in [0.15, 0.2) is 36.0 Å². The monoisotopic (exact) mass is 249 g/mol. The van der Waals surface area contributed by atoms with Crippen LogP contribution in [0.3, 0.4) is 0 Å². The van der Waals surface area contributed by atoms with Gasteiger partial charge in [0.25, 0.3) is 0 Å². The summed E-state index contributed by atoms with van der Waals surface area (Å²) in [6, 6.07) is 5.65. The highest BCUT2D eigenvalue weighted by Crippen LogP contribution is 2.28. The molecule has 0 unspecified atom stereocenters. The fourth-order valence-corrected chi connectivity index (χ4v) is 2.47. The van der Waals surface area contributed by atoms with Gasteiger partial charge in [0.2, 0.25) is 0 Å². The van der Waals surface area contributed by atoms with Crippen molar-refractivity contribution in [3.8, 4) is 11.3 Å². The molecule has 0 bridgehead atoms. The first-order chi connectivity index (χ1) is 7.72. The summed E-state index contributed by atoms with van der Waals surface area (Å²) < 4.78 is 2.68. The summed E-state index contributed by atoms with van der Waals surface area (Å²) in [5.41, 5.74) is 9.26. The summed E-state index contributed by atoms with van der Waals surface area (Å²) in [5, 5.41) is 1.99. The summed E-state index contributed by atoms with van der Waals surface area (Å²) in [5.74, 6) is 0. The van der Waals surface area contributed by atoms with E-state index < -0.39 is 0 Å². The van der Waals surface area contributed by atoms with Crippen LogP contribution in [0.4, 0.5) is 5.69 Å². The van der Waals surface area contributed by atoms with Gasteiger partial charge in [-0.25, -0.2) is 4.98 Å². The van der Waals surface area contributed by atoms with Gasteiger partial charge < -0.3 is 10.1 Å². The zero-order valence-electron chi connectivity index (χ0n) is 8.22. The van der Waals surface area contributed by atoms with Crippen molar-refractivity contribution in [3.05, 3.63) is 40.3 Å². The molecule has 3 rings (SSSR count). The number of hydrogen-bond donors (Lipinski definition) is 1. The Morgan fingerprint density at radius 1 is 1.31 bits per heavy atom. The van der Waals surface area contributed by atoms with Gasteiger partial charge in [-0.1, -0.05) is 11.6 Å². The number of nitrogens with two attached hydrogens (primary N) is 1. The summed E-state index contributed by atoms with van der Waals surface area (Å²) in [6.45, 7) is 0. The Labute approximate surface area is 101 Å². The van der Waals surface area contributed by atoms with Gasteiger partial charge in [0, 0.05) is 29.0 Å². The SMILES string of the molecule is Nc1ccc2nc(-c3csc(Cl)c3)cn2c1. The van der Waals surface area contributed by atoms with Crippen LogP contribution in [0.5, 0.6) is 0 Å². The van der Waals surface area contributed by atoms with Crippen LogP contribution >= 0.6 is 22.9 Å². The molecule has 0 amide bonds. The minimum absolute atomic E-state index is 0.722. The molecule has 3 aromatic heterocycles. The Balaban J connectivity index is 2.18. The van der Waals surface area contributed by atoms with Gasteiger partial charge in [0.1, 0.15) is 5.65 Å². The number of hydrogen-bond acceptors (Lipinski definition) is 3. The third-order valence-electron chi connectivity index (χ3n) is 2.34. The Kier molecular flexibility index (Phi) is 2.12. The number of nitrogens with zero attached hydrogens (tertiary/aromatic N) is 2. The summed E-state index contributed by atoms with van der Waals surface area (Å²) in [6.07, 6.45) is 3.80. The number of thiophene rings is 1. The summed E-state index contributed by atoms with van der Waals surface area (Å²) in [4.78, 5) is 4.49. The third kappa shape index (κ3) is 1.56. The normalized spacial score (nSPS) is 11.1. The first-order valence-electron chi connectivity index (χ1n) is 4.71. The zero-order chi connectivity index (χ0) is 11.1. The number of halogens is 1. The molecule has 0 saturated heterocycles. The van der Waals surface area contributed by atoms with E-state index in [1.54, 1.807) is 0 Å². The minimum atomic E-state index is 0.722. The lowest BCUT2D eigenvalue weighted by molar-refractivity contribution is 1.19. The Bertz CT molecular complexity index is 656. The third-order valence-corrected chi connectivity index (χ3v) is 3.43. The van der Waals surface area contributed by atoms with Crippen molar-refractivity contribution < 1.29 is 0 Å². The van der Waals surface area contributed by atoms with Crippen molar-refractivity contribution in [1.82, 2.24) is 9.38 Å². The molecule has 16 heavy (non-hydrogen) atoms. The second-order valence-electron chi connectivity index (χ2n) is 3.49. The van der Waals surface area contributed by atoms with Gasteiger partial charge in [-0.2, -0.15) is 0 Å². The Morgan fingerprint density at radius 2 is 2.19 bits per heavy atom. The van der Waals surface area contributed by atoms with Crippen molar-refractivity contribution in [2.45, 2.75) is 0 Å². The van der Waals surface area contributed by atoms with Crippen molar-refractivity contribution in [3.63, 3.8) is 0 Å². The van der Waals surface area contributed by atoms with Gasteiger partial charge in [0.15, 0.2) is 0 Å². The van der Waals surface area contributed by atoms with Crippen LogP contribution in [0, 0.1) is 0 Å². The molecule has 0 aliphatic rings. The lowest BCUT2D eigenvalue weighted by Crippen LogP contribution is -1.88. The van der Waals surface area contributed by atoms with Crippen molar-refractivity contribution >= 4 is 34.3 Å². The van der Waals surface area contributed by atoms with Crippen LogP contribution in [-0.2, 0) is 0 Å². The lowest BCUT2D eigenvalue weighted by atomic mass is 10.3. The Hall–Kier alpha value is -1.52. The molecule has 3 heterocycles. The molecule has 5 heteroatoms. The molecule has 0 aliphatic heterocycles. The van der Waals surface area contributed by atoms with E-state index in [1.807, 2.05) is 40.4 Å². The molecule has 3 aromatic rings. The van der Waals surface area contributed by atoms with E-state index in [-0.39, 0.29) is 0 Å². The summed E-state index contributed by atoms with van der Waals surface area (Å²) >= 11 is 7.40. The van der Waals surface area contributed by atoms with Crippen molar-refractivity contribution in [1.29, 1.82) is 0 Å². The predicted molar refractivity (Wildman–Crippen MR) is 67.9 cm³/mol. The van der Waals surface area contributed by atoms with Gasteiger partial charge >= 0.3 is 0 Å². The number of nitrogen functional groups attached to an aromatic ring is 1. The average molecular weight is 250 g/mol. The van der Waals surface area contributed by atoms with E-state index in [0.29, 0.717) is 0 Å². The fraction of sp³-hybridized carbons (Fsp3) is 0. The highest BCUT2D eigenvalue weighted by atomic mass is 35.5. The molecular weight excluding hydrogens is 242 g/mol. The van der Waals surface area contributed by atoms with Crippen LogP contribution in [0.25, 0.3) is 16.9 Å². The zero-order valence-corrected chi connectivity index (χ0v) is 9.79. The van der Waals surface area contributed by atoms with Crippen molar-refractivity contribution in [2.75, 3.05) is 5.73 Å². The topological polar surface area (TPSA) is 43.3 Å². The molecule has 0 aromatic carbocycles. The number of pyridine rings is 1. The molecule has 0 aliphatic carbocycles. The quantitative estimate of drug-likeness (QED) is 0.719. The largest absolute Gasteiger partial charge is 0.398 e. The number of fused-ring (bicyclic) bond motifs is 1. The van der Waals surface area contributed by atoms with Crippen LogP contribution in [0.2, 0.25) is 4.34 Å². The van der Waals surface area contributed by atoms with Crippen LogP contribution in [-0.4, -0.2) is 9.38 Å². The van der Waals surface area contributed by atoms with E-state index in [1.165, 1.54) is 11.3 Å². The highest BCUT2D eigenvalue weighted by Gasteiger charge is 2.06. The van der Waals surface area contributed by atoms with Crippen LogP contribution in [0.1, 0.15) is 0 Å². The summed E-state index contributed by atoms with van der Waals surface area (Å²) in [7, 11) is 0. The van der Waals surface area contributed by atoms with E-state index in [9.17, 15) is 0 Å². The highest BCUT2D eigenvalue weighted by molar-refractivity contribution is 7.14. The number of imidazole rings is 1. The molecule has 3 nitrogen and oxygen atoms in total. The molecule has 80 valence electrons. The molecule has 0 fully saturated rings. The van der Waals surface area contributed by atoms with E-state index >= 15 is 0 Å². The first-order valence-corrected chi connectivity index (χ1v) is 5.97. The molecule has 0 atom stereocenters. The first kappa shape index (κ1) is 9.69. The predicted octanol–water partition coefficient (Wildman–Crippen LogP) is 3.30. The van der Waals surface area contributed by atoms with Gasteiger partial charge in [-0.05, 0) is 18.2 Å². The maximum absolute atomic E-state index is 5.90. The lowest BCUT2D eigenvalue weighted by Gasteiger charge is -1.93. The number of anilines is 1. The molecular formula is C11H8ClN3S. The van der Waals surface area contributed by atoms with Crippen LogP contribution < -0.4 is 5.73 Å². The second-order valence-corrected chi connectivity index (χ2v) is 5.04. The minimum Gasteiger partial charge on any atom is -0.398 e. The maximum Gasteiger partial charge on any atom is 0.137 e. The second kappa shape index (κ2) is 3.50. The molecule has 0 radical (unpaired) electrons. The van der Waals surface area contributed by atoms with Crippen molar-refractivity contribution in [2.24, 2.45) is 0 Å². The average Bonchev–Trinajstić information content (AvgIpc) is 2.83. The van der Waals surface area contributed by atoms with E-state index in [0.717, 1.165) is 26.9 Å². The fourth-order valence-electron chi connectivity index (χ4n) is 1.59. The van der Waals surface area contributed by atoms with Gasteiger partial charge in [-0.15, -0.1) is 11.3 Å².